The van der Waals surface area contributed by atoms with E-state index in [1.807, 2.05) is 13.8 Å². The van der Waals surface area contributed by atoms with Crippen LogP contribution in [0.15, 0.2) is 18.2 Å². The van der Waals surface area contributed by atoms with Gasteiger partial charge in [0.1, 0.15) is 6.61 Å². The first-order valence-corrected chi connectivity index (χ1v) is 6.12. The molecule has 1 heterocycles. The molecule has 92 valence electrons. The van der Waals surface area contributed by atoms with Crippen LogP contribution in [0.2, 0.25) is 5.02 Å². The second kappa shape index (κ2) is 4.96. The summed E-state index contributed by atoms with van der Waals surface area (Å²) in [6.07, 6.45) is 0.289. The van der Waals surface area contributed by atoms with E-state index >= 15 is 0 Å². The van der Waals surface area contributed by atoms with Crippen molar-refractivity contribution in [1.29, 1.82) is 0 Å². The quantitative estimate of drug-likeness (QED) is 0.832. The van der Waals surface area contributed by atoms with Crippen LogP contribution in [-0.4, -0.2) is 18.5 Å². The van der Waals surface area contributed by atoms with Gasteiger partial charge in [0.2, 0.25) is 0 Å². The van der Waals surface area contributed by atoms with Crippen molar-refractivity contribution in [2.45, 2.75) is 26.4 Å². The van der Waals surface area contributed by atoms with E-state index in [2.05, 4.69) is 0 Å². The first kappa shape index (κ1) is 12.2. The van der Waals surface area contributed by atoms with E-state index in [1.54, 1.807) is 18.2 Å². The summed E-state index contributed by atoms with van der Waals surface area (Å²) in [5, 5.41) is 0.573. The molecule has 0 radical (unpaired) electrons. The zero-order valence-corrected chi connectivity index (χ0v) is 10.7. The van der Waals surface area contributed by atoms with Gasteiger partial charge < -0.3 is 9.47 Å². The highest BCUT2D eigenvalue weighted by molar-refractivity contribution is 6.30. The van der Waals surface area contributed by atoms with Crippen molar-refractivity contribution in [3.05, 3.63) is 23.2 Å². The minimum Gasteiger partial charge on any atom is -0.485 e. The second-order valence-corrected chi connectivity index (χ2v) is 4.66. The second-order valence-electron chi connectivity index (χ2n) is 4.22. The van der Waals surface area contributed by atoms with Gasteiger partial charge in [-0.1, -0.05) is 25.4 Å². The molecule has 2 atom stereocenters. The Balaban J connectivity index is 2.15. The normalized spacial score (nSPS) is 19.8. The van der Waals surface area contributed by atoms with Crippen LogP contribution in [0.5, 0.6) is 11.5 Å². The number of hydrogen-bond acceptors (Lipinski definition) is 3. The summed E-state index contributed by atoms with van der Waals surface area (Å²) < 4.78 is 11.1. The van der Waals surface area contributed by atoms with Gasteiger partial charge in [-0.05, 0) is 18.6 Å². The molecular formula is C13H15ClO3. The summed E-state index contributed by atoms with van der Waals surface area (Å²) in [5.74, 6) is 1.26. The summed E-state index contributed by atoms with van der Waals surface area (Å²) >= 11 is 5.87. The van der Waals surface area contributed by atoms with Crippen molar-refractivity contribution in [3.63, 3.8) is 0 Å². The molecular weight excluding hydrogens is 240 g/mol. The number of hydrogen-bond donors (Lipinski definition) is 0. The third-order valence-electron chi connectivity index (χ3n) is 2.98. The Hall–Kier alpha value is -1.22. The van der Waals surface area contributed by atoms with Crippen LogP contribution in [0.1, 0.15) is 20.3 Å². The van der Waals surface area contributed by atoms with Crippen molar-refractivity contribution in [3.8, 4) is 11.5 Å². The maximum Gasteiger partial charge on any atom is 0.191 e. The van der Waals surface area contributed by atoms with Gasteiger partial charge in [0.05, 0.1) is 0 Å². The van der Waals surface area contributed by atoms with Crippen molar-refractivity contribution < 1.29 is 14.3 Å². The highest BCUT2D eigenvalue weighted by atomic mass is 35.5. The number of fused-ring (bicyclic) bond motifs is 1. The Morgan fingerprint density at radius 1 is 1.53 bits per heavy atom. The summed E-state index contributed by atoms with van der Waals surface area (Å²) in [5.41, 5.74) is 0. The molecule has 0 bridgehead atoms. The Labute approximate surface area is 106 Å². The van der Waals surface area contributed by atoms with Crippen LogP contribution in [0, 0.1) is 5.92 Å². The molecule has 1 aliphatic heterocycles. The number of benzene rings is 1. The summed E-state index contributed by atoms with van der Waals surface area (Å²) in [4.78, 5) is 12.0. The molecule has 0 saturated heterocycles. The minimum absolute atomic E-state index is 0.00988. The summed E-state index contributed by atoms with van der Waals surface area (Å²) in [6.45, 7) is 4.16. The molecule has 3 nitrogen and oxygen atoms in total. The monoisotopic (exact) mass is 254 g/mol. The SMILES string of the molecule is CCC(C)C(=O)C1COc2ccc(Cl)cc2O1. The molecule has 2 rings (SSSR count). The molecule has 0 aliphatic carbocycles. The largest absolute Gasteiger partial charge is 0.485 e. The molecule has 2 unspecified atom stereocenters. The number of halogens is 1. The molecule has 1 aromatic carbocycles. The fraction of sp³-hybridized carbons (Fsp3) is 0.462. The Kier molecular flexibility index (Phi) is 3.57. The van der Waals surface area contributed by atoms with E-state index in [4.69, 9.17) is 21.1 Å². The third-order valence-corrected chi connectivity index (χ3v) is 3.22. The molecule has 0 amide bonds. The van der Waals surface area contributed by atoms with E-state index < -0.39 is 6.10 Å². The van der Waals surface area contributed by atoms with Crippen LogP contribution < -0.4 is 9.47 Å². The van der Waals surface area contributed by atoms with Gasteiger partial charge in [-0.25, -0.2) is 0 Å². The molecule has 0 N–H and O–H groups in total. The number of carbonyl (C=O) groups is 1. The van der Waals surface area contributed by atoms with Crippen LogP contribution >= 0.6 is 11.6 Å². The van der Waals surface area contributed by atoms with Gasteiger partial charge in [-0.15, -0.1) is 0 Å². The molecule has 4 heteroatoms. The van der Waals surface area contributed by atoms with Crippen molar-refractivity contribution >= 4 is 17.4 Å². The van der Waals surface area contributed by atoms with Crippen LogP contribution in [-0.2, 0) is 4.79 Å². The maximum atomic E-state index is 12.0. The van der Waals surface area contributed by atoms with Crippen LogP contribution in [0.3, 0.4) is 0 Å². The van der Waals surface area contributed by atoms with Gasteiger partial charge in [0.15, 0.2) is 23.4 Å². The van der Waals surface area contributed by atoms with Crippen molar-refractivity contribution in [1.82, 2.24) is 0 Å². The van der Waals surface area contributed by atoms with E-state index in [-0.39, 0.29) is 18.3 Å². The molecule has 0 aromatic heterocycles. The molecule has 0 saturated carbocycles. The smallest absolute Gasteiger partial charge is 0.191 e. The number of Topliss-reactive ketones (excluding diaryl/α,β-unsaturated/α-hetero) is 1. The Morgan fingerprint density at radius 2 is 2.29 bits per heavy atom. The van der Waals surface area contributed by atoms with Gasteiger partial charge in [0.25, 0.3) is 0 Å². The maximum absolute atomic E-state index is 12.0. The standard InChI is InChI=1S/C13H15ClO3/c1-3-8(2)13(15)12-7-16-10-5-4-9(14)6-11(10)17-12/h4-6,8,12H,3,7H2,1-2H3. The molecule has 17 heavy (non-hydrogen) atoms. The van der Waals surface area contributed by atoms with E-state index in [0.717, 1.165) is 6.42 Å². The average molecular weight is 255 g/mol. The fourth-order valence-electron chi connectivity index (χ4n) is 1.70. The summed E-state index contributed by atoms with van der Waals surface area (Å²) in [6, 6.07) is 5.16. The van der Waals surface area contributed by atoms with Crippen LogP contribution in [0.25, 0.3) is 0 Å². The van der Waals surface area contributed by atoms with Gasteiger partial charge >= 0.3 is 0 Å². The lowest BCUT2D eigenvalue weighted by Gasteiger charge is -2.27. The van der Waals surface area contributed by atoms with Gasteiger partial charge in [-0.3, -0.25) is 4.79 Å². The van der Waals surface area contributed by atoms with E-state index in [1.165, 1.54) is 0 Å². The van der Waals surface area contributed by atoms with Gasteiger partial charge in [-0.2, -0.15) is 0 Å². The Morgan fingerprint density at radius 3 is 3.00 bits per heavy atom. The first-order valence-electron chi connectivity index (χ1n) is 5.74. The molecule has 0 fully saturated rings. The molecule has 1 aliphatic rings. The highest BCUT2D eigenvalue weighted by Gasteiger charge is 2.29. The topological polar surface area (TPSA) is 35.5 Å². The highest BCUT2D eigenvalue weighted by Crippen LogP contribution is 2.34. The molecule has 0 spiro atoms. The summed E-state index contributed by atoms with van der Waals surface area (Å²) in [7, 11) is 0. The minimum atomic E-state index is -0.518. The number of ether oxygens (including phenoxy) is 2. The fourth-order valence-corrected chi connectivity index (χ4v) is 1.87. The van der Waals surface area contributed by atoms with E-state index in [0.29, 0.717) is 16.5 Å². The average Bonchev–Trinajstić information content (AvgIpc) is 2.36. The number of ketones is 1. The van der Waals surface area contributed by atoms with Gasteiger partial charge in [0, 0.05) is 17.0 Å². The number of rotatable bonds is 3. The lowest BCUT2D eigenvalue weighted by molar-refractivity contribution is -0.131. The van der Waals surface area contributed by atoms with E-state index in [9.17, 15) is 4.79 Å². The lowest BCUT2D eigenvalue weighted by Crippen LogP contribution is -2.39. The Bertz CT molecular complexity index is 431. The first-order chi connectivity index (χ1) is 8.11. The predicted molar refractivity (Wildman–Crippen MR) is 65.8 cm³/mol. The number of carbonyl (C=O) groups excluding carboxylic acids is 1. The van der Waals surface area contributed by atoms with Crippen molar-refractivity contribution in [2.75, 3.05) is 6.61 Å². The molecule has 1 aromatic rings. The lowest BCUT2D eigenvalue weighted by atomic mass is 9.99. The zero-order chi connectivity index (χ0) is 12.4. The third kappa shape index (κ3) is 2.55. The predicted octanol–water partition coefficient (Wildman–Crippen LogP) is 3.10. The van der Waals surface area contributed by atoms with Crippen LogP contribution in [0.4, 0.5) is 0 Å². The van der Waals surface area contributed by atoms with Crippen molar-refractivity contribution in [2.24, 2.45) is 5.92 Å². The zero-order valence-electron chi connectivity index (χ0n) is 9.90.